The van der Waals surface area contributed by atoms with Gasteiger partial charge < -0.3 is 35.3 Å². The van der Waals surface area contributed by atoms with Gasteiger partial charge >= 0.3 is 5.97 Å². The van der Waals surface area contributed by atoms with Gasteiger partial charge in [-0.2, -0.15) is 0 Å². The van der Waals surface area contributed by atoms with Crippen molar-refractivity contribution < 1.29 is 34.7 Å². The topological polar surface area (TPSA) is 160 Å². The van der Waals surface area contributed by atoms with Crippen LogP contribution in [0.25, 0.3) is 22.3 Å². The van der Waals surface area contributed by atoms with Crippen LogP contribution in [0.2, 0.25) is 0 Å². The van der Waals surface area contributed by atoms with Gasteiger partial charge in [-0.15, -0.1) is 0 Å². The fraction of sp³-hybridized carbons (Fsp3) is 0.0588. The van der Waals surface area contributed by atoms with E-state index in [-0.39, 0.29) is 22.8 Å². The molecule has 1 aromatic heterocycles. The number of rotatable bonds is 4. The second-order valence-electron chi connectivity index (χ2n) is 5.39. The Morgan fingerprint density at radius 1 is 1.00 bits per heavy atom. The summed E-state index contributed by atoms with van der Waals surface area (Å²) in [4.78, 5) is 23.2. The number of fused-ring (bicyclic) bond motifs is 1. The van der Waals surface area contributed by atoms with E-state index in [0.717, 1.165) is 6.07 Å². The first kappa shape index (κ1) is 17.0. The van der Waals surface area contributed by atoms with E-state index in [1.807, 2.05) is 0 Å². The van der Waals surface area contributed by atoms with Gasteiger partial charge in [-0.05, 0) is 24.3 Å². The predicted molar refractivity (Wildman–Crippen MR) is 90.7 cm³/mol. The molecule has 0 bridgehead atoms. The smallest absolute Gasteiger partial charge is 0.322 e. The summed E-state index contributed by atoms with van der Waals surface area (Å²) in [5, 5.41) is 49.9. The summed E-state index contributed by atoms with van der Waals surface area (Å²) in [5.74, 6) is -3.94. The number of carboxylic acid groups (broad SMARTS) is 1. The fourth-order valence-electron chi connectivity index (χ4n) is 2.45. The van der Waals surface area contributed by atoms with Gasteiger partial charge in [0.1, 0.15) is 29.1 Å². The van der Waals surface area contributed by atoms with Crippen LogP contribution < -0.4 is 10.7 Å². The number of aliphatic carboxylic acids is 1. The number of hydrogen-bond acceptors (Lipinski definition) is 8. The molecular formula is C17H13NO8. The largest absolute Gasteiger partial charge is 0.508 e. The number of anilines is 1. The number of phenolic OH excluding ortho intramolecular Hbond substituents is 4. The zero-order valence-electron chi connectivity index (χ0n) is 13.1. The molecule has 9 heteroatoms. The first-order chi connectivity index (χ1) is 12.3. The van der Waals surface area contributed by atoms with Gasteiger partial charge in [0.05, 0.1) is 0 Å². The molecule has 0 saturated heterocycles. The Morgan fingerprint density at radius 2 is 1.65 bits per heavy atom. The Labute approximate surface area is 145 Å². The highest BCUT2D eigenvalue weighted by Gasteiger charge is 2.23. The van der Waals surface area contributed by atoms with Crippen LogP contribution in [0.15, 0.2) is 39.5 Å². The lowest BCUT2D eigenvalue weighted by atomic mass is 10.1. The Balaban J connectivity index is 2.32. The van der Waals surface area contributed by atoms with E-state index >= 15 is 0 Å². The van der Waals surface area contributed by atoms with Crippen LogP contribution in [0.4, 0.5) is 5.69 Å². The van der Waals surface area contributed by atoms with E-state index < -0.39 is 40.6 Å². The molecule has 0 unspecified atom stereocenters. The number of nitrogens with one attached hydrogen (secondary N) is 1. The maximum atomic E-state index is 12.4. The van der Waals surface area contributed by atoms with Gasteiger partial charge in [-0.1, -0.05) is 0 Å². The normalized spacial score (nSPS) is 10.8. The number of phenols is 4. The summed E-state index contributed by atoms with van der Waals surface area (Å²) in [6.07, 6.45) is 0. The quantitative estimate of drug-likeness (QED) is 0.301. The fourth-order valence-corrected chi connectivity index (χ4v) is 2.45. The lowest BCUT2D eigenvalue weighted by Gasteiger charge is -2.13. The molecule has 0 amide bonds. The summed E-state index contributed by atoms with van der Waals surface area (Å²) in [5.41, 5.74) is -0.983. The lowest BCUT2D eigenvalue weighted by Crippen LogP contribution is -2.13. The van der Waals surface area contributed by atoms with Gasteiger partial charge in [0.15, 0.2) is 22.5 Å². The van der Waals surface area contributed by atoms with Crippen LogP contribution >= 0.6 is 0 Å². The van der Waals surface area contributed by atoms with E-state index in [2.05, 4.69) is 5.32 Å². The van der Waals surface area contributed by atoms with Crippen molar-refractivity contribution in [3.63, 3.8) is 0 Å². The highest BCUT2D eigenvalue weighted by Crippen LogP contribution is 2.47. The average Bonchev–Trinajstić information content (AvgIpc) is 2.59. The van der Waals surface area contributed by atoms with Crippen molar-refractivity contribution in [2.24, 2.45) is 0 Å². The molecule has 2 aromatic carbocycles. The summed E-state index contributed by atoms with van der Waals surface area (Å²) < 4.78 is 5.58. The van der Waals surface area contributed by atoms with Crippen molar-refractivity contribution in [3.8, 4) is 34.3 Å². The van der Waals surface area contributed by atoms with Crippen LogP contribution in [0.1, 0.15) is 0 Å². The molecule has 0 aliphatic heterocycles. The number of carbonyl (C=O) groups is 1. The number of carboxylic acids is 1. The molecule has 0 spiro atoms. The molecule has 6 N–H and O–H groups in total. The molecule has 1 heterocycles. The van der Waals surface area contributed by atoms with Crippen LogP contribution in [0.3, 0.4) is 0 Å². The summed E-state index contributed by atoms with van der Waals surface area (Å²) in [6, 6.07) is 6.75. The van der Waals surface area contributed by atoms with E-state index in [1.165, 1.54) is 24.3 Å². The molecule has 134 valence electrons. The van der Waals surface area contributed by atoms with E-state index in [0.29, 0.717) is 5.56 Å². The molecule has 0 aliphatic carbocycles. The summed E-state index contributed by atoms with van der Waals surface area (Å²) in [6.45, 7) is -0.639. The average molecular weight is 359 g/mol. The van der Waals surface area contributed by atoms with Crippen molar-refractivity contribution in [2.45, 2.75) is 0 Å². The van der Waals surface area contributed by atoms with Gasteiger partial charge in [0.25, 0.3) is 0 Å². The van der Waals surface area contributed by atoms with Gasteiger partial charge in [-0.25, -0.2) is 0 Å². The Hall–Kier alpha value is -3.88. The van der Waals surface area contributed by atoms with Crippen LogP contribution in [0.5, 0.6) is 23.0 Å². The lowest BCUT2D eigenvalue weighted by molar-refractivity contribution is -0.134. The van der Waals surface area contributed by atoms with Crippen molar-refractivity contribution in [2.75, 3.05) is 11.9 Å². The summed E-state index contributed by atoms with van der Waals surface area (Å²) in [7, 11) is 0. The number of benzene rings is 2. The molecule has 3 rings (SSSR count). The molecule has 26 heavy (non-hydrogen) atoms. The summed E-state index contributed by atoms with van der Waals surface area (Å²) >= 11 is 0. The Bertz CT molecular complexity index is 1070. The monoisotopic (exact) mass is 359 g/mol. The molecule has 9 nitrogen and oxygen atoms in total. The maximum absolute atomic E-state index is 12.4. The minimum atomic E-state index is -1.26. The van der Waals surface area contributed by atoms with Gasteiger partial charge in [0.2, 0.25) is 5.75 Å². The molecule has 0 fully saturated rings. The minimum Gasteiger partial charge on any atom is -0.508 e. The third-order valence-corrected chi connectivity index (χ3v) is 3.67. The highest BCUT2D eigenvalue weighted by molar-refractivity contribution is 6.00. The van der Waals surface area contributed by atoms with Crippen molar-refractivity contribution in [3.05, 3.63) is 40.6 Å². The third kappa shape index (κ3) is 2.81. The zero-order valence-corrected chi connectivity index (χ0v) is 13.1. The van der Waals surface area contributed by atoms with E-state index in [9.17, 15) is 30.0 Å². The minimum absolute atomic E-state index is 0.000844. The Kier molecular flexibility index (Phi) is 4.05. The molecule has 0 radical (unpaired) electrons. The molecule has 0 aliphatic rings. The van der Waals surface area contributed by atoms with Crippen molar-refractivity contribution in [1.29, 1.82) is 0 Å². The van der Waals surface area contributed by atoms with Crippen molar-refractivity contribution >= 4 is 22.6 Å². The van der Waals surface area contributed by atoms with Gasteiger partial charge in [-0.3, -0.25) is 9.59 Å². The van der Waals surface area contributed by atoms with Crippen LogP contribution in [0, 0.1) is 0 Å². The van der Waals surface area contributed by atoms with Crippen molar-refractivity contribution in [1.82, 2.24) is 0 Å². The molecule has 0 atom stereocenters. The molecular weight excluding hydrogens is 346 g/mol. The second kappa shape index (κ2) is 6.20. The molecule has 3 aromatic rings. The number of hydrogen-bond donors (Lipinski definition) is 6. The highest BCUT2D eigenvalue weighted by atomic mass is 16.4. The molecule has 0 saturated carbocycles. The van der Waals surface area contributed by atoms with E-state index in [4.69, 9.17) is 9.52 Å². The first-order valence-corrected chi connectivity index (χ1v) is 7.29. The van der Waals surface area contributed by atoms with Crippen LogP contribution in [-0.4, -0.2) is 38.0 Å². The predicted octanol–water partition coefficient (Wildman–Crippen LogP) is 1.78. The van der Waals surface area contributed by atoms with Gasteiger partial charge in [0, 0.05) is 11.6 Å². The third-order valence-electron chi connectivity index (χ3n) is 3.67. The first-order valence-electron chi connectivity index (χ1n) is 7.29. The maximum Gasteiger partial charge on any atom is 0.322 e. The van der Waals surface area contributed by atoms with E-state index in [1.54, 1.807) is 0 Å². The number of aromatic hydroxyl groups is 4. The standard InChI is InChI=1S/C17H13NO8/c19-8-3-1-7(2-4-8)10-5-9(20)12-14(23)16(25)15(24)13(17(12)26-10)18-6-11(21)22/h1-5,18-19,23-25H,6H2,(H,21,22). The SMILES string of the molecule is O=C(O)CNc1c(O)c(O)c(O)c2c(=O)cc(-c3ccc(O)cc3)oc12. The second-order valence-corrected chi connectivity index (χ2v) is 5.39. The Morgan fingerprint density at radius 3 is 2.27 bits per heavy atom. The van der Waals surface area contributed by atoms with Crippen LogP contribution in [-0.2, 0) is 4.79 Å². The zero-order chi connectivity index (χ0) is 19.0.